The molecule has 1 saturated carbocycles. The number of para-hydroxylation sites is 2. The molecule has 0 aliphatic heterocycles. The van der Waals surface area contributed by atoms with Crippen molar-refractivity contribution in [3.63, 3.8) is 0 Å². The maximum Gasteiger partial charge on any atom is 0.230 e. The molecule has 1 atom stereocenters. The number of thioether (sulfide) groups is 1. The van der Waals surface area contributed by atoms with Crippen molar-refractivity contribution in [2.75, 3.05) is 12.4 Å². The third kappa shape index (κ3) is 4.76. The molecule has 1 N–H and O–H groups in total. The van der Waals surface area contributed by atoms with Gasteiger partial charge in [0, 0.05) is 0 Å². The first kappa shape index (κ1) is 19.4. The lowest BCUT2D eigenvalue weighted by Gasteiger charge is -2.18. The average Bonchev–Trinajstić information content (AvgIpc) is 3.49. The number of nitrogens with zero attached hydrogens (tertiary/aromatic N) is 4. The molecule has 1 heterocycles. The Bertz CT molecular complexity index is 958. The fraction of sp³-hybridized carbons (Fsp3) is 0.333. The topological polar surface area (TPSA) is 81.9 Å². The van der Waals surface area contributed by atoms with Gasteiger partial charge in [0.15, 0.2) is 0 Å². The normalized spacial score (nSPS) is 14.4. The first-order valence-corrected chi connectivity index (χ1v) is 10.7. The summed E-state index contributed by atoms with van der Waals surface area (Å²) in [7, 11) is 0. The lowest BCUT2D eigenvalue weighted by atomic mass is 10.0. The quantitative estimate of drug-likeness (QED) is 0.546. The van der Waals surface area contributed by atoms with Crippen LogP contribution < -0.4 is 10.1 Å². The van der Waals surface area contributed by atoms with E-state index in [2.05, 4.69) is 33.0 Å². The smallest absolute Gasteiger partial charge is 0.230 e. The van der Waals surface area contributed by atoms with E-state index in [1.807, 2.05) is 49.4 Å². The Kier molecular flexibility index (Phi) is 6.09. The summed E-state index contributed by atoms with van der Waals surface area (Å²) in [6, 6.07) is 17.8. The van der Waals surface area contributed by atoms with Crippen LogP contribution in [-0.2, 0) is 4.79 Å². The molecule has 1 unspecified atom stereocenters. The molecule has 0 radical (unpaired) electrons. The molecular formula is C21H23N5O2S. The summed E-state index contributed by atoms with van der Waals surface area (Å²) >= 11 is 1.31. The Morgan fingerprint density at radius 3 is 2.72 bits per heavy atom. The van der Waals surface area contributed by atoms with Crippen LogP contribution in [0.4, 0.5) is 0 Å². The molecule has 1 aliphatic carbocycles. The second-order valence-corrected chi connectivity index (χ2v) is 7.80. The molecule has 4 rings (SSSR count). The van der Waals surface area contributed by atoms with E-state index in [9.17, 15) is 4.79 Å². The maximum absolute atomic E-state index is 12.6. The number of nitrogens with one attached hydrogen (secondary N) is 1. The van der Waals surface area contributed by atoms with Gasteiger partial charge in [0.05, 0.1) is 18.4 Å². The highest BCUT2D eigenvalue weighted by molar-refractivity contribution is 7.99. The second-order valence-electron chi connectivity index (χ2n) is 6.86. The Labute approximate surface area is 173 Å². The van der Waals surface area contributed by atoms with Crippen LogP contribution >= 0.6 is 11.8 Å². The number of carbonyl (C=O) groups excluding carboxylic acids is 1. The van der Waals surface area contributed by atoms with E-state index in [-0.39, 0.29) is 17.7 Å². The highest BCUT2D eigenvalue weighted by Crippen LogP contribution is 2.41. The standard InChI is InChI=1S/C21H23N5O2S/c1-2-28-18-11-7-6-10-17(18)26-21(23-24-25-26)29-14-19(27)22-20(16-12-13-16)15-8-4-3-5-9-15/h3-11,16,20H,2,12-14H2,1H3,(H,22,27). The van der Waals surface area contributed by atoms with E-state index < -0.39 is 0 Å². The zero-order valence-corrected chi connectivity index (χ0v) is 17.0. The first-order valence-electron chi connectivity index (χ1n) is 9.74. The zero-order chi connectivity index (χ0) is 20.1. The molecule has 3 aromatic rings. The van der Waals surface area contributed by atoms with Gasteiger partial charge in [0.25, 0.3) is 0 Å². The number of hydrogen-bond donors (Lipinski definition) is 1. The summed E-state index contributed by atoms with van der Waals surface area (Å²) in [5.41, 5.74) is 1.91. The van der Waals surface area contributed by atoms with Crippen LogP contribution in [0, 0.1) is 5.92 Å². The summed E-state index contributed by atoms with van der Waals surface area (Å²) in [4.78, 5) is 12.6. The largest absolute Gasteiger partial charge is 0.492 e. The Hall–Kier alpha value is -2.87. The van der Waals surface area contributed by atoms with Crippen molar-refractivity contribution in [1.82, 2.24) is 25.5 Å². The summed E-state index contributed by atoms with van der Waals surface area (Å²) in [5, 5.41) is 15.7. The summed E-state index contributed by atoms with van der Waals surface area (Å²) in [6.07, 6.45) is 2.30. The number of tetrazole rings is 1. The lowest BCUT2D eigenvalue weighted by molar-refractivity contribution is -0.119. The molecular weight excluding hydrogens is 386 g/mol. The maximum atomic E-state index is 12.6. The number of amides is 1. The van der Waals surface area contributed by atoms with Crippen LogP contribution in [0.15, 0.2) is 59.8 Å². The van der Waals surface area contributed by atoms with Gasteiger partial charge >= 0.3 is 0 Å². The molecule has 29 heavy (non-hydrogen) atoms. The van der Waals surface area contributed by atoms with Crippen molar-refractivity contribution in [2.45, 2.75) is 31.0 Å². The predicted molar refractivity (Wildman–Crippen MR) is 111 cm³/mol. The van der Waals surface area contributed by atoms with Crippen LogP contribution in [0.2, 0.25) is 0 Å². The van der Waals surface area contributed by atoms with E-state index in [0.717, 1.165) is 24.1 Å². The van der Waals surface area contributed by atoms with Gasteiger partial charge < -0.3 is 10.1 Å². The second kappa shape index (κ2) is 9.09. The number of carbonyl (C=O) groups is 1. The molecule has 0 saturated heterocycles. The van der Waals surface area contributed by atoms with Crippen LogP contribution in [-0.4, -0.2) is 38.5 Å². The minimum atomic E-state index is -0.0246. The molecule has 1 aromatic heterocycles. The molecule has 1 aliphatic rings. The van der Waals surface area contributed by atoms with Crippen LogP contribution in [0.1, 0.15) is 31.4 Å². The Morgan fingerprint density at radius 1 is 1.21 bits per heavy atom. The minimum Gasteiger partial charge on any atom is -0.492 e. The highest BCUT2D eigenvalue weighted by Gasteiger charge is 2.33. The Morgan fingerprint density at radius 2 is 1.97 bits per heavy atom. The van der Waals surface area contributed by atoms with Gasteiger partial charge in [0.1, 0.15) is 11.4 Å². The van der Waals surface area contributed by atoms with Crippen molar-refractivity contribution in [3.05, 3.63) is 60.2 Å². The van der Waals surface area contributed by atoms with Gasteiger partial charge in [-0.05, 0) is 53.8 Å². The molecule has 2 aromatic carbocycles. The fourth-order valence-corrected chi connectivity index (χ4v) is 3.93. The van der Waals surface area contributed by atoms with Gasteiger partial charge in [-0.25, -0.2) is 0 Å². The third-order valence-electron chi connectivity index (χ3n) is 4.74. The number of rotatable bonds is 9. The molecule has 150 valence electrons. The molecule has 0 spiro atoms. The fourth-order valence-electron chi connectivity index (χ4n) is 3.24. The van der Waals surface area contributed by atoms with Crippen molar-refractivity contribution in [1.29, 1.82) is 0 Å². The zero-order valence-electron chi connectivity index (χ0n) is 16.2. The van der Waals surface area contributed by atoms with Gasteiger partial charge in [-0.1, -0.05) is 54.2 Å². The summed E-state index contributed by atoms with van der Waals surface area (Å²) < 4.78 is 7.28. The first-order chi connectivity index (χ1) is 14.3. The number of ether oxygens (including phenoxy) is 1. The van der Waals surface area contributed by atoms with Crippen LogP contribution in [0.25, 0.3) is 5.69 Å². The van der Waals surface area contributed by atoms with Gasteiger partial charge in [0.2, 0.25) is 11.1 Å². The minimum absolute atomic E-state index is 0.0246. The van der Waals surface area contributed by atoms with E-state index in [1.165, 1.54) is 11.8 Å². The molecule has 0 bridgehead atoms. The third-order valence-corrected chi connectivity index (χ3v) is 5.65. The summed E-state index contributed by atoms with van der Waals surface area (Å²) in [6.45, 7) is 2.48. The number of aromatic nitrogens is 4. The van der Waals surface area contributed by atoms with E-state index in [0.29, 0.717) is 23.4 Å². The summed E-state index contributed by atoms with van der Waals surface area (Å²) in [5.74, 6) is 1.44. The molecule has 1 amide bonds. The van der Waals surface area contributed by atoms with Crippen molar-refractivity contribution >= 4 is 17.7 Å². The average molecular weight is 410 g/mol. The van der Waals surface area contributed by atoms with Gasteiger partial charge in [-0.3, -0.25) is 4.79 Å². The Balaban J connectivity index is 1.43. The molecule has 8 heteroatoms. The highest BCUT2D eigenvalue weighted by atomic mass is 32.2. The predicted octanol–water partition coefficient (Wildman–Crippen LogP) is 3.42. The molecule has 1 fully saturated rings. The monoisotopic (exact) mass is 409 g/mol. The van der Waals surface area contributed by atoms with Crippen molar-refractivity contribution in [3.8, 4) is 11.4 Å². The van der Waals surface area contributed by atoms with Crippen LogP contribution in [0.3, 0.4) is 0 Å². The van der Waals surface area contributed by atoms with Crippen LogP contribution in [0.5, 0.6) is 5.75 Å². The van der Waals surface area contributed by atoms with E-state index in [1.54, 1.807) is 4.68 Å². The number of hydrogen-bond acceptors (Lipinski definition) is 6. The lowest BCUT2D eigenvalue weighted by Crippen LogP contribution is -2.31. The van der Waals surface area contributed by atoms with Gasteiger partial charge in [-0.15, -0.1) is 5.10 Å². The SMILES string of the molecule is CCOc1ccccc1-n1nnnc1SCC(=O)NC(c1ccccc1)C1CC1. The van der Waals surface area contributed by atoms with Crippen molar-refractivity contribution in [2.24, 2.45) is 5.92 Å². The van der Waals surface area contributed by atoms with Crippen molar-refractivity contribution < 1.29 is 9.53 Å². The number of benzene rings is 2. The molecule has 7 nitrogen and oxygen atoms in total. The van der Waals surface area contributed by atoms with Gasteiger partial charge in [-0.2, -0.15) is 4.68 Å². The van der Waals surface area contributed by atoms with E-state index in [4.69, 9.17) is 4.74 Å². The van der Waals surface area contributed by atoms with E-state index >= 15 is 0 Å².